The van der Waals surface area contributed by atoms with Crippen molar-refractivity contribution in [2.75, 3.05) is 0 Å². The fourth-order valence-electron chi connectivity index (χ4n) is 9.62. The lowest BCUT2D eigenvalue weighted by Gasteiger charge is -2.20. The Kier molecular flexibility index (Phi) is 7.80. The molecule has 0 unspecified atom stereocenters. The van der Waals surface area contributed by atoms with E-state index in [-0.39, 0.29) is 0 Å². The minimum Gasteiger partial charge on any atom is -0.460 e. The Morgan fingerprint density at radius 3 is 1.85 bits per heavy atom. The second-order valence-corrected chi connectivity index (χ2v) is 15.8. The summed E-state index contributed by atoms with van der Waals surface area (Å²) < 4.78 is 6.89. The predicted octanol–water partition coefficient (Wildman–Crippen LogP) is 14.7. The first kappa shape index (κ1) is 33.7. The zero-order valence-electron chi connectivity index (χ0n) is 32.5. The highest BCUT2D eigenvalue weighted by Crippen LogP contribution is 2.46. The maximum atomic E-state index is 6.89. The van der Waals surface area contributed by atoms with E-state index in [0.717, 1.165) is 76.1 Å². The summed E-state index contributed by atoms with van der Waals surface area (Å²) >= 11 is 0. The molecule has 2 aliphatic rings. The second-order valence-electron chi connectivity index (χ2n) is 15.8. The standard InChI is InChI=1S/C56H38N2O/c1-3-14-36(15-4-1)51-34-52(58-56(57-51)38-16-5-2-6-17-38)37-28-26-35(27-29-37)48-33-50-54-40(24-13-25-53(54)59-55(50)47-23-12-11-22-45(47)48)39-30-31-46-43-20-8-7-18-41(43)42-19-9-10-21-44(42)49(46)32-39/h1-9,11-12,14-20,22-24,26-34H,10,13,21,25H2. The van der Waals surface area contributed by atoms with Gasteiger partial charge in [-0.05, 0) is 97.8 Å². The van der Waals surface area contributed by atoms with Crippen molar-refractivity contribution in [3.63, 3.8) is 0 Å². The van der Waals surface area contributed by atoms with Crippen LogP contribution < -0.4 is 0 Å². The molecule has 3 heteroatoms. The fourth-order valence-corrected chi connectivity index (χ4v) is 9.62. The Morgan fingerprint density at radius 1 is 0.441 bits per heavy atom. The molecule has 0 radical (unpaired) electrons. The normalized spacial score (nSPS) is 13.5. The van der Waals surface area contributed by atoms with Gasteiger partial charge in [-0.1, -0.05) is 164 Å². The van der Waals surface area contributed by atoms with Gasteiger partial charge in [-0.2, -0.15) is 0 Å². The predicted molar refractivity (Wildman–Crippen MR) is 245 cm³/mol. The first-order valence-corrected chi connectivity index (χ1v) is 20.7. The molecule has 0 saturated carbocycles. The third-order valence-corrected chi connectivity index (χ3v) is 12.4. The van der Waals surface area contributed by atoms with E-state index < -0.39 is 0 Å². The van der Waals surface area contributed by atoms with Gasteiger partial charge in [-0.3, -0.25) is 0 Å². The lowest BCUT2D eigenvalue weighted by Crippen LogP contribution is -2.01. The van der Waals surface area contributed by atoms with E-state index in [1.165, 1.54) is 65.7 Å². The Hall–Kier alpha value is -7.36. The molecule has 0 atom stereocenters. The number of benzene rings is 8. The minimum absolute atomic E-state index is 0.715. The Balaban J connectivity index is 0.991. The van der Waals surface area contributed by atoms with E-state index in [1.807, 2.05) is 24.3 Å². The largest absolute Gasteiger partial charge is 0.460 e. The minimum atomic E-state index is 0.715. The molecule has 12 rings (SSSR count). The molecule has 2 heterocycles. The van der Waals surface area contributed by atoms with Gasteiger partial charge in [0.05, 0.1) is 11.4 Å². The number of hydrogen-bond donors (Lipinski definition) is 0. The first-order valence-electron chi connectivity index (χ1n) is 20.7. The molecule has 2 aromatic heterocycles. The highest BCUT2D eigenvalue weighted by molar-refractivity contribution is 6.17. The van der Waals surface area contributed by atoms with Crippen molar-refractivity contribution in [2.24, 2.45) is 0 Å². The molecular formula is C56H38N2O. The SMILES string of the molecule is C1=Cc2c(c3cc(C4=CCCc5oc6c(cc(-c7ccc(-c8cc(-c9ccccc9)nc(-c9ccccc9)n8)cc7)c7ccccc76)c54)ccc3c3ccccc23)CC1. The van der Waals surface area contributed by atoms with Crippen LogP contribution in [-0.4, -0.2) is 9.97 Å². The lowest BCUT2D eigenvalue weighted by molar-refractivity contribution is 0.548. The van der Waals surface area contributed by atoms with Crippen LogP contribution in [0.25, 0.3) is 100.0 Å². The highest BCUT2D eigenvalue weighted by atomic mass is 16.3. The molecule has 0 saturated heterocycles. The van der Waals surface area contributed by atoms with Crippen LogP contribution in [0.3, 0.4) is 0 Å². The Morgan fingerprint density at radius 2 is 1.07 bits per heavy atom. The molecule has 2 aliphatic carbocycles. The van der Waals surface area contributed by atoms with Crippen LogP contribution in [0.5, 0.6) is 0 Å². The van der Waals surface area contributed by atoms with E-state index in [9.17, 15) is 0 Å². The molecule has 0 bridgehead atoms. The quantitative estimate of drug-likeness (QED) is 0.164. The van der Waals surface area contributed by atoms with Gasteiger partial charge in [0.1, 0.15) is 11.3 Å². The summed E-state index contributed by atoms with van der Waals surface area (Å²) in [7, 11) is 0. The van der Waals surface area contributed by atoms with Crippen molar-refractivity contribution in [1.82, 2.24) is 9.97 Å². The monoisotopic (exact) mass is 754 g/mol. The summed E-state index contributed by atoms with van der Waals surface area (Å²) in [5.41, 5.74) is 14.8. The molecule has 0 amide bonds. The molecule has 10 aromatic rings. The third-order valence-electron chi connectivity index (χ3n) is 12.4. The number of aryl methyl sites for hydroxylation is 2. The van der Waals surface area contributed by atoms with E-state index in [0.29, 0.717) is 5.82 Å². The van der Waals surface area contributed by atoms with Gasteiger partial charge in [-0.25, -0.2) is 9.97 Å². The van der Waals surface area contributed by atoms with Crippen LogP contribution in [0, 0.1) is 0 Å². The number of allylic oxidation sites excluding steroid dienone is 2. The summed E-state index contributed by atoms with van der Waals surface area (Å²) in [5.74, 6) is 1.79. The molecule has 0 spiro atoms. The van der Waals surface area contributed by atoms with Crippen LogP contribution in [0.2, 0.25) is 0 Å². The molecule has 0 aliphatic heterocycles. The van der Waals surface area contributed by atoms with E-state index in [4.69, 9.17) is 14.4 Å². The molecule has 59 heavy (non-hydrogen) atoms. The van der Waals surface area contributed by atoms with Crippen LogP contribution in [0.1, 0.15) is 40.9 Å². The number of rotatable bonds is 5. The third kappa shape index (κ3) is 5.57. The molecule has 3 nitrogen and oxygen atoms in total. The van der Waals surface area contributed by atoms with Crippen LogP contribution in [-0.2, 0) is 12.8 Å². The van der Waals surface area contributed by atoms with Crippen molar-refractivity contribution in [3.8, 4) is 45.0 Å². The average Bonchev–Trinajstić information content (AvgIpc) is 3.71. The van der Waals surface area contributed by atoms with Gasteiger partial charge < -0.3 is 4.42 Å². The summed E-state index contributed by atoms with van der Waals surface area (Å²) in [6, 6.07) is 58.7. The lowest BCUT2D eigenvalue weighted by atomic mass is 9.83. The number of aromatic nitrogens is 2. The van der Waals surface area contributed by atoms with Gasteiger partial charge in [0, 0.05) is 39.4 Å². The molecule has 278 valence electrons. The summed E-state index contributed by atoms with van der Waals surface area (Å²) in [6.45, 7) is 0. The maximum absolute atomic E-state index is 6.89. The molecule has 0 fully saturated rings. The van der Waals surface area contributed by atoms with Crippen LogP contribution in [0.4, 0.5) is 0 Å². The number of furan rings is 1. The smallest absolute Gasteiger partial charge is 0.160 e. The zero-order valence-corrected chi connectivity index (χ0v) is 32.5. The second kappa shape index (κ2) is 13.6. The van der Waals surface area contributed by atoms with Crippen LogP contribution in [0.15, 0.2) is 180 Å². The van der Waals surface area contributed by atoms with Gasteiger partial charge in [0.25, 0.3) is 0 Å². The first-order chi connectivity index (χ1) is 29.2. The zero-order chi connectivity index (χ0) is 38.9. The maximum Gasteiger partial charge on any atom is 0.160 e. The van der Waals surface area contributed by atoms with Gasteiger partial charge in [-0.15, -0.1) is 0 Å². The molecule has 0 N–H and O–H groups in total. The van der Waals surface area contributed by atoms with Gasteiger partial charge >= 0.3 is 0 Å². The van der Waals surface area contributed by atoms with Crippen molar-refractivity contribution >= 4 is 54.9 Å². The van der Waals surface area contributed by atoms with Crippen molar-refractivity contribution < 1.29 is 4.42 Å². The van der Waals surface area contributed by atoms with Crippen molar-refractivity contribution in [2.45, 2.75) is 25.7 Å². The van der Waals surface area contributed by atoms with Crippen LogP contribution >= 0.6 is 0 Å². The molecule has 8 aromatic carbocycles. The van der Waals surface area contributed by atoms with Crippen molar-refractivity contribution in [1.29, 1.82) is 0 Å². The van der Waals surface area contributed by atoms with E-state index in [2.05, 4.69) is 158 Å². The number of nitrogens with zero attached hydrogens (tertiary/aromatic N) is 2. The summed E-state index contributed by atoms with van der Waals surface area (Å²) in [6.07, 6.45) is 11.1. The molecular weight excluding hydrogens is 717 g/mol. The fraction of sp³-hybridized carbons (Fsp3) is 0.0714. The van der Waals surface area contributed by atoms with Crippen molar-refractivity contribution in [3.05, 3.63) is 204 Å². The topological polar surface area (TPSA) is 38.9 Å². The Labute approximate surface area is 342 Å². The van der Waals surface area contributed by atoms with E-state index >= 15 is 0 Å². The summed E-state index contributed by atoms with van der Waals surface area (Å²) in [4.78, 5) is 10.1. The number of hydrogen-bond acceptors (Lipinski definition) is 3. The summed E-state index contributed by atoms with van der Waals surface area (Å²) in [5, 5.41) is 8.85. The number of fused-ring (bicyclic) bond motifs is 11. The van der Waals surface area contributed by atoms with Gasteiger partial charge in [0.2, 0.25) is 0 Å². The average molecular weight is 755 g/mol. The Bertz CT molecular complexity index is 3300. The highest BCUT2D eigenvalue weighted by Gasteiger charge is 2.26. The van der Waals surface area contributed by atoms with E-state index in [1.54, 1.807) is 0 Å². The van der Waals surface area contributed by atoms with Gasteiger partial charge in [0.15, 0.2) is 5.82 Å².